The van der Waals surface area contributed by atoms with Crippen molar-refractivity contribution in [2.75, 3.05) is 14.2 Å². The van der Waals surface area contributed by atoms with Crippen LogP contribution in [0.2, 0.25) is 0 Å². The highest BCUT2D eigenvalue weighted by atomic mass is 32.2. The summed E-state index contributed by atoms with van der Waals surface area (Å²) in [6.45, 7) is 4.67. The molecule has 0 aliphatic carbocycles. The first-order chi connectivity index (χ1) is 13.0. The largest absolute Gasteiger partial charge is 0.497 e. The highest BCUT2D eigenvalue weighted by Gasteiger charge is 2.24. The Hall–Kier alpha value is -2.73. The van der Waals surface area contributed by atoms with Crippen molar-refractivity contribution >= 4 is 28.9 Å². The van der Waals surface area contributed by atoms with E-state index in [4.69, 9.17) is 9.47 Å². The van der Waals surface area contributed by atoms with Crippen LogP contribution in [-0.4, -0.2) is 25.3 Å². The zero-order chi connectivity index (χ0) is 19.4. The number of nitrogens with zero attached hydrogens (tertiary/aromatic N) is 1. The maximum absolute atomic E-state index is 12.3. The fraction of sp³-hybridized carbons (Fsp3) is 0.238. The van der Waals surface area contributed by atoms with E-state index in [1.807, 2.05) is 12.1 Å². The van der Waals surface area contributed by atoms with Crippen LogP contribution in [0.1, 0.15) is 22.3 Å². The predicted molar refractivity (Wildman–Crippen MR) is 110 cm³/mol. The van der Waals surface area contributed by atoms with Crippen LogP contribution in [-0.2, 0) is 11.3 Å². The number of nitrogens with one attached hydrogen (secondary N) is 1. The van der Waals surface area contributed by atoms with Gasteiger partial charge in [-0.15, -0.1) is 0 Å². The van der Waals surface area contributed by atoms with E-state index < -0.39 is 0 Å². The average Bonchev–Trinajstić information content (AvgIpc) is 2.99. The molecule has 0 spiro atoms. The van der Waals surface area contributed by atoms with Crippen molar-refractivity contribution in [3.8, 4) is 11.5 Å². The number of hydrogen-bond donors (Lipinski definition) is 1. The Bertz CT molecular complexity index is 915. The molecular weight excluding hydrogens is 360 g/mol. The summed E-state index contributed by atoms with van der Waals surface area (Å²) in [5.41, 5.74) is 4.36. The van der Waals surface area contributed by atoms with Crippen LogP contribution in [0.3, 0.4) is 0 Å². The Balaban J connectivity index is 1.78. The van der Waals surface area contributed by atoms with E-state index in [9.17, 15) is 4.79 Å². The van der Waals surface area contributed by atoms with Gasteiger partial charge >= 0.3 is 0 Å². The minimum Gasteiger partial charge on any atom is -0.497 e. The molecule has 0 unspecified atom stereocenters. The Morgan fingerprint density at radius 2 is 1.81 bits per heavy atom. The Labute approximate surface area is 163 Å². The van der Waals surface area contributed by atoms with Crippen LogP contribution in [0.5, 0.6) is 11.5 Å². The maximum atomic E-state index is 12.3. The van der Waals surface area contributed by atoms with Gasteiger partial charge in [0.15, 0.2) is 5.17 Å². The topological polar surface area (TPSA) is 59.9 Å². The standard InChI is InChI=1S/C21H22N2O3S/c1-13-7-14(2)9-15(8-13)12-22-21-23-20(24)19(27-21)10-16-5-6-17(25-3)11-18(16)26-4/h5-11H,12H2,1-4H3,(H,22,23,24)/b19-10-. The first kappa shape index (κ1) is 19.0. The number of carbonyl (C=O) groups is 1. The Morgan fingerprint density at radius 1 is 1.07 bits per heavy atom. The number of aryl methyl sites for hydroxylation is 2. The van der Waals surface area contributed by atoms with Gasteiger partial charge in [0.2, 0.25) is 0 Å². The number of rotatable bonds is 5. The number of carbonyl (C=O) groups excluding carboxylic acids is 1. The summed E-state index contributed by atoms with van der Waals surface area (Å²) < 4.78 is 10.6. The van der Waals surface area contributed by atoms with E-state index in [2.05, 4.69) is 42.4 Å². The fourth-order valence-corrected chi connectivity index (χ4v) is 3.71. The van der Waals surface area contributed by atoms with E-state index in [-0.39, 0.29) is 5.91 Å². The van der Waals surface area contributed by atoms with E-state index in [1.165, 1.54) is 22.9 Å². The molecule has 1 fully saturated rings. The molecule has 0 radical (unpaired) electrons. The molecule has 5 nitrogen and oxygen atoms in total. The molecule has 2 aromatic rings. The van der Waals surface area contributed by atoms with Crippen LogP contribution in [0.15, 0.2) is 46.3 Å². The Kier molecular flexibility index (Phi) is 5.86. The molecule has 0 bridgehead atoms. The average molecular weight is 382 g/mol. The quantitative estimate of drug-likeness (QED) is 0.792. The SMILES string of the molecule is COc1ccc(/C=C2\SC(=NCc3cc(C)cc(C)c3)NC2=O)c(OC)c1. The molecule has 2 aromatic carbocycles. The van der Waals surface area contributed by atoms with E-state index in [0.29, 0.717) is 28.1 Å². The molecule has 3 rings (SSSR count). The lowest BCUT2D eigenvalue weighted by Crippen LogP contribution is -2.19. The molecule has 6 heteroatoms. The second-order valence-corrected chi connectivity index (χ2v) is 7.32. The monoisotopic (exact) mass is 382 g/mol. The summed E-state index contributed by atoms with van der Waals surface area (Å²) in [5, 5.41) is 3.43. The van der Waals surface area contributed by atoms with Crippen molar-refractivity contribution in [2.24, 2.45) is 4.99 Å². The van der Waals surface area contributed by atoms with Crippen LogP contribution in [0.25, 0.3) is 6.08 Å². The molecule has 0 saturated carbocycles. The number of thioether (sulfide) groups is 1. The highest BCUT2D eigenvalue weighted by Crippen LogP contribution is 2.31. The van der Waals surface area contributed by atoms with Gasteiger partial charge in [-0.25, -0.2) is 0 Å². The van der Waals surface area contributed by atoms with Gasteiger partial charge in [-0.3, -0.25) is 9.79 Å². The van der Waals surface area contributed by atoms with Gasteiger partial charge in [-0.2, -0.15) is 0 Å². The number of amides is 1. The third-order valence-electron chi connectivity index (χ3n) is 4.06. The lowest BCUT2D eigenvalue weighted by molar-refractivity contribution is -0.115. The number of methoxy groups -OCH3 is 2. The van der Waals surface area contributed by atoms with Gasteiger partial charge in [-0.1, -0.05) is 29.3 Å². The zero-order valence-electron chi connectivity index (χ0n) is 15.8. The summed E-state index contributed by atoms with van der Waals surface area (Å²) in [4.78, 5) is 17.4. The van der Waals surface area contributed by atoms with Gasteiger partial charge in [0.25, 0.3) is 5.91 Å². The van der Waals surface area contributed by atoms with Crippen molar-refractivity contribution in [2.45, 2.75) is 20.4 Å². The number of ether oxygens (including phenoxy) is 2. The van der Waals surface area contributed by atoms with Crippen molar-refractivity contribution in [1.82, 2.24) is 5.32 Å². The zero-order valence-corrected chi connectivity index (χ0v) is 16.6. The summed E-state index contributed by atoms with van der Waals surface area (Å²) in [6.07, 6.45) is 1.80. The molecule has 1 amide bonds. The molecule has 27 heavy (non-hydrogen) atoms. The van der Waals surface area contributed by atoms with Crippen molar-refractivity contribution in [3.05, 3.63) is 63.6 Å². The minimum atomic E-state index is -0.156. The molecule has 1 heterocycles. The minimum absolute atomic E-state index is 0.156. The van der Waals surface area contributed by atoms with Gasteiger partial charge in [0.05, 0.1) is 25.7 Å². The molecular formula is C21H22N2O3S. The molecule has 1 aliphatic rings. The smallest absolute Gasteiger partial charge is 0.264 e. The van der Waals surface area contributed by atoms with Crippen LogP contribution in [0, 0.1) is 13.8 Å². The van der Waals surface area contributed by atoms with Gasteiger partial charge in [0, 0.05) is 11.6 Å². The lowest BCUT2D eigenvalue weighted by atomic mass is 10.1. The summed E-state index contributed by atoms with van der Waals surface area (Å²) in [6, 6.07) is 11.8. The maximum Gasteiger partial charge on any atom is 0.264 e. The van der Waals surface area contributed by atoms with Gasteiger partial charge in [0.1, 0.15) is 11.5 Å². The summed E-state index contributed by atoms with van der Waals surface area (Å²) in [5.74, 6) is 1.20. The third-order valence-corrected chi connectivity index (χ3v) is 5.01. The molecule has 1 aliphatic heterocycles. The number of amidine groups is 1. The summed E-state index contributed by atoms with van der Waals surface area (Å²) in [7, 11) is 3.20. The van der Waals surface area contributed by atoms with Gasteiger partial charge < -0.3 is 14.8 Å². The summed E-state index contributed by atoms with van der Waals surface area (Å²) >= 11 is 1.33. The molecule has 1 saturated heterocycles. The third kappa shape index (κ3) is 4.71. The first-order valence-electron chi connectivity index (χ1n) is 8.53. The second-order valence-electron chi connectivity index (χ2n) is 6.29. The van der Waals surface area contributed by atoms with Crippen LogP contribution >= 0.6 is 11.8 Å². The molecule has 140 valence electrons. The second kappa shape index (κ2) is 8.31. The molecule has 0 atom stereocenters. The fourth-order valence-electron chi connectivity index (χ4n) is 2.90. The van der Waals surface area contributed by atoms with Gasteiger partial charge in [-0.05, 0) is 49.4 Å². The number of benzene rings is 2. The number of aliphatic imine (C=N–C) groups is 1. The lowest BCUT2D eigenvalue weighted by Gasteiger charge is -2.07. The van der Waals surface area contributed by atoms with Crippen molar-refractivity contribution in [1.29, 1.82) is 0 Å². The molecule has 1 N–H and O–H groups in total. The van der Waals surface area contributed by atoms with Crippen LogP contribution in [0.4, 0.5) is 0 Å². The normalized spacial score (nSPS) is 16.7. The predicted octanol–water partition coefficient (Wildman–Crippen LogP) is 4.08. The van der Waals surface area contributed by atoms with Crippen molar-refractivity contribution in [3.63, 3.8) is 0 Å². The number of hydrogen-bond acceptors (Lipinski definition) is 5. The van der Waals surface area contributed by atoms with E-state index >= 15 is 0 Å². The van der Waals surface area contributed by atoms with E-state index in [0.717, 1.165) is 11.1 Å². The first-order valence-corrected chi connectivity index (χ1v) is 9.34. The molecule has 0 aromatic heterocycles. The van der Waals surface area contributed by atoms with Crippen molar-refractivity contribution < 1.29 is 14.3 Å². The Morgan fingerprint density at radius 3 is 2.48 bits per heavy atom. The van der Waals surface area contributed by atoms with E-state index in [1.54, 1.807) is 26.4 Å². The van der Waals surface area contributed by atoms with Crippen LogP contribution < -0.4 is 14.8 Å². The highest BCUT2D eigenvalue weighted by molar-refractivity contribution is 8.18.